The molecule has 0 aromatic carbocycles. The molecule has 0 bridgehead atoms. The van der Waals surface area contributed by atoms with Gasteiger partial charge in [-0.05, 0) is 25.5 Å². The van der Waals surface area contributed by atoms with Crippen molar-refractivity contribution in [2.75, 3.05) is 11.9 Å². The molecule has 0 fully saturated rings. The Bertz CT molecular complexity index is 297. The van der Waals surface area contributed by atoms with Crippen molar-refractivity contribution in [2.24, 2.45) is 5.73 Å². The van der Waals surface area contributed by atoms with Crippen molar-refractivity contribution in [3.05, 3.63) is 23.4 Å². The van der Waals surface area contributed by atoms with Gasteiger partial charge in [-0.3, -0.25) is 0 Å². The molecule has 3 nitrogen and oxygen atoms in total. The molecule has 0 aliphatic rings. The molecule has 0 radical (unpaired) electrons. The highest BCUT2D eigenvalue weighted by molar-refractivity contribution is 6.32. The molecule has 0 saturated heterocycles. The molecule has 1 heterocycles. The van der Waals surface area contributed by atoms with E-state index in [0.717, 1.165) is 6.42 Å². The zero-order chi connectivity index (χ0) is 10.6. The van der Waals surface area contributed by atoms with E-state index in [1.807, 2.05) is 6.07 Å². The van der Waals surface area contributed by atoms with Gasteiger partial charge >= 0.3 is 0 Å². The molecule has 1 rings (SSSR count). The van der Waals surface area contributed by atoms with Crippen LogP contribution in [-0.4, -0.2) is 17.1 Å². The van der Waals surface area contributed by atoms with Gasteiger partial charge in [-0.25, -0.2) is 4.98 Å². The Morgan fingerprint density at radius 1 is 1.64 bits per heavy atom. The lowest BCUT2D eigenvalue weighted by atomic mass is 9.99. The molecule has 1 aromatic heterocycles. The van der Waals surface area contributed by atoms with E-state index in [0.29, 0.717) is 17.4 Å². The zero-order valence-electron chi connectivity index (χ0n) is 8.55. The second kappa shape index (κ2) is 4.62. The third kappa shape index (κ3) is 2.59. The molecule has 1 aromatic rings. The quantitative estimate of drug-likeness (QED) is 0.807. The number of nitrogens with two attached hydrogens (primary N) is 1. The topological polar surface area (TPSA) is 50.9 Å². The largest absolute Gasteiger partial charge is 0.362 e. The molecule has 3 N–H and O–H groups in total. The second-order valence-electron chi connectivity index (χ2n) is 3.58. The average molecular weight is 214 g/mol. The van der Waals surface area contributed by atoms with E-state index in [2.05, 4.69) is 24.1 Å². The summed E-state index contributed by atoms with van der Waals surface area (Å²) in [6, 6.07) is 3.61. The van der Waals surface area contributed by atoms with Gasteiger partial charge in [0.25, 0.3) is 0 Å². The Kier molecular flexibility index (Phi) is 3.72. The molecular weight excluding hydrogens is 198 g/mol. The SMILES string of the molecule is CCC(C)(CN)Nc1ncccc1Cl. The second-order valence-corrected chi connectivity index (χ2v) is 3.98. The maximum Gasteiger partial charge on any atom is 0.145 e. The van der Waals surface area contributed by atoms with E-state index in [1.165, 1.54) is 0 Å². The summed E-state index contributed by atoms with van der Waals surface area (Å²) >= 11 is 5.98. The summed E-state index contributed by atoms with van der Waals surface area (Å²) in [4.78, 5) is 4.16. The van der Waals surface area contributed by atoms with Gasteiger partial charge < -0.3 is 11.1 Å². The van der Waals surface area contributed by atoms with E-state index < -0.39 is 0 Å². The fraction of sp³-hybridized carbons (Fsp3) is 0.500. The smallest absolute Gasteiger partial charge is 0.145 e. The molecule has 0 amide bonds. The fourth-order valence-electron chi connectivity index (χ4n) is 1.05. The number of rotatable bonds is 4. The first kappa shape index (κ1) is 11.3. The summed E-state index contributed by atoms with van der Waals surface area (Å²) < 4.78 is 0. The van der Waals surface area contributed by atoms with Crippen molar-refractivity contribution >= 4 is 17.4 Å². The van der Waals surface area contributed by atoms with E-state index in [4.69, 9.17) is 17.3 Å². The molecule has 78 valence electrons. The van der Waals surface area contributed by atoms with Gasteiger partial charge in [0.15, 0.2) is 0 Å². The van der Waals surface area contributed by atoms with Gasteiger partial charge in [-0.2, -0.15) is 0 Å². The number of halogens is 1. The first-order chi connectivity index (χ1) is 6.61. The molecule has 0 aliphatic heterocycles. The summed E-state index contributed by atoms with van der Waals surface area (Å²) in [7, 11) is 0. The third-order valence-electron chi connectivity index (χ3n) is 2.41. The van der Waals surface area contributed by atoms with Crippen LogP contribution < -0.4 is 11.1 Å². The number of nitrogens with one attached hydrogen (secondary N) is 1. The van der Waals surface area contributed by atoms with E-state index in [9.17, 15) is 0 Å². The van der Waals surface area contributed by atoms with Crippen LogP contribution in [0.25, 0.3) is 0 Å². The number of anilines is 1. The minimum absolute atomic E-state index is 0.141. The van der Waals surface area contributed by atoms with Crippen LogP contribution in [-0.2, 0) is 0 Å². The molecule has 4 heteroatoms. The van der Waals surface area contributed by atoms with Crippen LogP contribution >= 0.6 is 11.6 Å². The Hall–Kier alpha value is -0.800. The van der Waals surface area contributed by atoms with Crippen molar-refractivity contribution in [3.8, 4) is 0 Å². The van der Waals surface area contributed by atoms with Crippen molar-refractivity contribution in [1.29, 1.82) is 0 Å². The zero-order valence-corrected chi connectivity index (χ0v) is 9.30. The van der Waals surface area contributed by atoms with E-state index in [1.54, 1.807) is 12.3 Å². The maximum atomic E-state index is 5.98. The van der Waals surface area contributed by atoms with Crippen molar-refractivity contribution in [1.82, 2.24) is 4.98 Å². The van der Waals surface area contributed by atoms with Crippen LogP contribution in [0.4, 0.5) is 5.82 Å². The predicted molar refractivity (Wildman–Crippen MR) is 60.6 cm³/mol. The normalized spacial score (nSPS) is 14.9. The highest BCUT2D eigenvalue weighted by Gasteiger charge is 2.20. The van der Waals surface area contributed by atoms with Crippen LogP contribution in [0.5, 0.6) is 0 Å². The van der Waals surface area contributed by atoms with Crippen LogP contribution in [0, 0.1) is 0 Å². The lowest BCUT2D eigenvalue weighted by molar-refractivity contribution is 0.504. The Morgan fingerprint density at radius 3 is 2.86 bits per heavy atom. The highest BCUT2D eigenvalue weighted by atomic mass is 35.5. The van der Waals surface area contributed by atoms with Crippen LogP contribution in [0.1, 0.15) is 20.3 Å². The monoisotopic (exact) mass is 213 g/mol. The number of hydrogen-bond donors (Lipinski definition) is 2. The minimum atomic E-state index is -0.141. The lowest BCUT2D eigenvalue weighted by Gasteiger charge is -2.28. The molecule has 14 heavy (non-hydrogen) atoms. The number of nitrogens with zero attached hydrogens (tertiary/aromatic N) is 1. The summed E-state index contributed by atoms with van der Waals surface area (Å²) in [5.41, 5.74) is 5.54. The summed E-state index contributed by atoms with van der Waals surface area (Å²) in [5.74, 6) is 0.698. The van der Waals surface area contributed by atoms with Crippen molar-refractivity contribution < 1.29 is 0 Å². The van der Waals surface area contributed by atoms with Gasteiger partial charge in [0.05, 0.1) is 5.02 Å². The van der Waals surface area contributed by atoms with Crippen molar-refractivity contribution in [3.63, 3.8) is 0 Å². The Labute approximate surface area is 89.7 Å². The summed E-state index contributed by atoms with van der Waals surface area (Å²) in [5, 5.41) is 3.88. The van der Waals surface area contributed by atoms with Crippen molar-refractivity contribution in [2.45, 2.75) is 25.8 Å². The van der Waals surface area contributed by atoms with E-state index in [-0.39, 0.29) is 5.54 Å². The first-order valence-corrected chi connectivity index (χ1v) is 5.08. The molecule has 1 unspecified atom stereocenters. The van der Waals surface area contributed by atoms with Gasteiger partial charge in [-0.1, -0.05) is 18.5 Å². The first-order valence-electron chi connectivity index (χ1n) is 4.70. The predicted octanol–water partition coefficient (Wildman–Crippen LogP) is 2.27. The minimum Gasteiger partial charge on any atom is -0.362 e. The van der Waals surface area contributed by atoms with E-state index >= 15 is 0 Å². The van der Waals surface area contributed by atoms with Gasteiger partial charge in [-0.15, -0.1) is 0 Å². The molecule has 0 saturated carbocycles. The van der Waals surface area contributed by atoms with Gasteiger partial charge in [0.2, 0.25) is 0 Å². The Balaban J connectivity index is 2.82. The lowest BCUT2D eigenvalue weighted by Crippen LogP contribution is -2.42. The van der Waals surface area contributed by atoms with Crippen LogP contribution in [0.3, 0.4) is 0 Å². The number of aromatic nitrogens is 1. The standard InChI is InChI=1S/C10H16ClN3/c1-3-10(2,7-12)14-9-8(11)5-4-6-13-9/h4-6H,3,7,12H2,1-2H3,(H,13,14). The summed E-state index contributed by atoms with van der Waals surface area (Å²) in [6.07, 6.45) is 2.64. The number of hydrogen-bond acceptors (Lipinski definition) is 3. The Morgan fingerprint density at radius 2 is 2.36 bits per heavy atom. The summed E-state index contributed by atoms with van der Waals surface area (Å²) in [6.45, 7) is 4.69. The molecule has 1 atom stereocenters. The van der Waals surface area contributed by atoms with Crippen LogP contribution in [0.2, 0.25) is 5.02 Å². The third-order valence-corrected chi connectivity index (χ3v) is 2.71. The maximum absolute atomic E-state index is 5.98. The molecule has 0 spiro atoms. The average Bonchev–Trinajstić information content (AvgIpc) is 2.21. The van der Waals surface area contributed by atoms with Gasteiger partial charge in [0, 0.05) is 18.3 Å². The number of pyridine rings is 1. The molecule has 0 aliphatic carbocycles. The highest BCUT2D eigenvalue weighted by Crippen LogP contribution is 2.22. The van der Waals surface area contributed by atoms with Gasteiger partial charge in [0.1, 0.15) is 5.82 Å². The molecular formula is C10H16ClN3. The fourth-order valence-corrected chi connectivity index (χ4v) is 1.22. The van der Waals surface area contributed by atoms with Crippen LogP contribution in [0.15, 0.2) is 18.3 Å².